The van der Waals surface area contributed by atoms with E-state index in [4.69, 9.17) is 11.6 Å². The van der Waals surface area contributed by atoms with Crippen molar-refractivity contribution in [2.24, 2.45) is 0 Å². The van der Waals surface area contributed by atoms with Gasteiger partial charge in [0.25, 0.3) is 0 Å². The highest BCUT2D eigenvalue weighted by Gasteiger charge is 2.23. The second-order valence-electron chi connectivity index (χ2n) is 5.26. The van der Waals surface area contributed by atoms with E-state index in [1.165, 1.54) is 0 Å². The molecule has 0 fully saturated rings. The number of aromatic carboxylic acids is 1. The first-order chi connectivity index (χ1) is 11.5. The second-order valence-corrected chi connectivity index (χ2v) is 5.70. The van der Waals surface area contributed by atoms with Crippen molar-refractivity contribution in [3.63, 3.8) is 0 Å². The molecular weight excluding hydrogens is 326 g/mol. The Hall–Kier alpha value is -2.85. The first-order valence-electron chi connectivity index (χ1n) is 7.28. The Balaban J connectivity index is 2.32. The molecular formula is C19H13ClNO3-. The van der Waals surface area contributed by atoms with Crippen molar-refractivity contribution in [1.29, 1.82) is 0 Å². The molecule has 0 radical (unpaired) electrons. The summed E-state index contributed by atoms with van der Waals surface area (Å²) in [4.78, 5) is 24.7. The molecule has 0 unspecified atom stereocenters. The molecule has 5 heteroatoms. The van der Waals surface area contributed by atoms with Gasteiger partial charge in [0.05, 0.1) is 5.97 Å². The Morgan fingerprint density at radius 1 is 1.12 bits per heavy atom. The van der Waals surface area contributed by atoms with Gasteiger partial charge in [0, 0.05) is 33.6 Å². The summed E-state index contributed by atoms with van der Waals surface area (Å²) in [6.07, 6.45) is 1.62. The first kappa shape index (κ1) is 16.0. The quantitative estimate of drug-likeness (QED) is 0.530. The zero-order valence-electron chi connectivity index (χ0n) is 12.7. The Morgan fingerprint density at radius 3 is 2.42 bits per heavy atom. The number of halogens is 1. The summed E-state index contributed by atoms with van der Waals surface area (Å²) in [6, 6.07) is 13.3. The number of carboxylic acid groups (broad SMARTS) is 1. The molecule has 1 heterocycles. The molecule has 24 heavy (non-hydrogen) atoms. The van der Waals surface area contributed by atoms with Crippen LogP contribution in [0.25, 0.3) is 10.9 Å². The molecule has 3 aromatic rings. The van der Waals surface area contributed by atoms with Crippen molar-refractivity contribution >= 4 is 34.3 Å². The lowest BCUT2D eigenvalue weighted by atomic mass is 10.0. The molecule has 0 spiro atoms. The van der Waals surface area contributed by atoms with E-state index in [0.717, 1.165) is 0 Å². The third-order valence-electron chi connectivity index (χ3n) is 3.81. The lowest BCUT2D eigenvalue weighted by Gasteiger charge is -2.10. The number of ketones is 1. The molecule has 0 aliphatic heterocycles. The van der Waals surface area contributed by atoms with Crippen molar-refractivity contribution in [3.8, 4) is 0 Å². The summed E-state index contributed by atoms with van der Waals surface area (Å²) < 4.78 is 1.64. The number of carbonyl (C=O) groups excluding carboxylic acids is 2. The van der Waals surface area contributed by atoms with Crippen LogP contribution in [-0.2, 0) is 6.54 Å². The molecule has 2 aromatic carbocycles. The number of carboxylic acids is 1. The van der Waals surface area contributed by atoms with Gasteiger partial charge in [0.2, 0.25) is 5.78 Å². The lowest BCUT2D eigenvalue weighted by Crippen LogP contribution is -2.25. The highest BCUT2D eigenvalue weighted by Crippen LogP contribution is 2.28. The fourth-order valence-corrected chi connectivity index (χ4v) is 2.93. The number of para-hydroxylation sites is 1. The Kier molecular flexibility index (Phi) is 4.23. The Morgan fingerprint density at radius 2 is 1.79 bits per heavy atom. The minimum Gasteiger partial charge on any atom is -0.545 e. The summed E-state index contributed by atoms with van der Waals surface area (Å²) in [7, 11) is 0. The van der Waals surface area contributed by atoms with Gasteiger partial charge in [-0.05, 0) is 30.3 Å². The first-order valence-corrected chi connectivity index (χ1v) is 7.66. The summed E-state index contributed by atoms with van der Waals surface area (Å²) in [5.74, 6) is -1.78. The Bertz CT molecular complexity index is 955. The van der Waals surface area contributed by atoms with Crippen molar-refractivity contribution < 1.29 is 14.7 Å². The van der Waals surface area contributed by atoms with Crippen LogP contribution in [0.2, 0.25) is 5.02 Å². The van der Waals surface area contributed by atoms with Crippen molar-refractivity contribution in [1.82, 2.24) is 4.57 Å². The van der Waals surface area contributed by atoms with Crippen LogP contribution >= 0.6 is 11.6 Å². The fraction of sp³-hybridized carbons (Fsp3) is 0.0526. The molecule has 0 saturated heterocycles. The standard InChI is InChI=1S/C19H14ClNO3/c1-2-11-21-15-6-4-3-5-14(15)16(19(23)24)17(21)18(22)12-7-9-13(20)10-8-12/h2-10H,1,11H2,(H,23,24)/p-1. The van der Waals surface area contributed by atoms with Crippen LogP contribution in [0, 0.1) is 0 Å². The highest BCUT2D eigenvalue weighted by molar-refractivity contribution is 6.30. The number of benzene rings is 2. The van der Waals surface area contributed by atoms with Crippen LogP contribution in [0.15, 0.2) is 61.2 Å². The fourth-order valence-electron chi connectivity index (χ4n) is 2.80. The molecule has 0 N–H and O–H groups in total. The van der Waals surface area contributed by atoms with Crippen LogP contribution in [0.3, 0.4) is 0 Å². The number of carbonyl (C=O) groups is 2. The van der Waals surface area contributed by atoms with Gasteiger partial charge in [-0.1, -0.05) is 35.9 Å². The predicted molar refractivity (Wildman–Crippen MR) is 91.4 cm³/mol. The number of hydrogen-bond acceptors (Lipinski definition) is 3. The number of rotatable bonds is 5. The summed E-state index contributed by atoms with van der Waals surface area (Å²) in [5, 5.41) is 12.7. The minimum atomic E-state index is -1.38. The zero-order valence-corrected chi connectivity index (χ0v) is 13.4. The maximum Gasteiger partial charge on any atom is 0.210 e. The van der Waals surface area contributed by atoms with E-state index in [0.29, 0.717) is 28.0 Å². The molecule has 0 aliphatic rings. The van der Waals surface area contributed by atoms with Crippen LogP contribution in [0.5, 0.6) is 0 Å². The summed E-state index contributed by atoms with van der Waals surface area (Å²) >= 11 is 5.86. The maximum absolute atomic E-state index is 13.0. The smallest absolute Gasteiger partial charge is 0.210 e. The number of allylic oxidation sites excluding steroid dienone is 1. The van der Waals surface area contributed by atoms with E-state index in [2.05, 4.69) is 6.58 Å². The van der Waals surface area contributed by atoms with Gasteiger partial charge in [-0.25, -0.2) is 0 Å². The van der Waals surface area contributed by atoms with Gasteiger partial charge in [-0.2, -0.15) is 0 Å². The summed E-state index contributed by atoms with van der Waals surface area (Å²) in [5.41, 5.74) is 0.981. The molecule has 0 atom stereocenters. The minimum absolute atomic E-state index is 0.0819. The topological polar surface area (TPSA) is 62.1 Å². The van der Waals surface area contributed by atoms with Crippen LogP contribution in [-0.4, -0.2) is 16.3 Å². The predicted octanol–water partition coefficient (Wildman–Crippen LogP) is 3.08. The summed E-state index contributed by atoms with van der Waals surface area (Å²) in [6.45, 7) is 4.00. The SMILES string of the molecule is C=CCn1c(C(=O)c2ccc(Cl)cc2)c(C(=O)[O-])c2ccccc21. The molecule has 0 saturated carbocycles. The highest BCUT2D eigenvalue weighted by atomic mass is 35.5. The van der Waals surface area contributed by atoms with Gasteiger partial charge in [0.15, 0.2) is 0 Å². The number of fused-ring (bicyclic) bond motifs is 1. The zero-order chi connectivity index (χ0) is 17.3. The molecule has 0 bridgehead atoms. The van der Waals surface area contributed by atoms with Gasteiger partial charge >= 0.3 is 0 Å². The average Bonchev–Trinajstić information content (AvgIpc) is 2.90. The third kappa shape index (κ3) is 2.61. The van der Waals surface area contributed by atoms with Crippen molar-refractivity contribution in [2.75, 3.05) is 0 Å². The number of aromatic nitrogens is 1. The van der Waals surface area contributed by atoms with Crippen LogP contribution in [0.1, 0.15) is 26.4 Å². The van der Waals surface area contributed by atoms with Crippen LogP contribution < -0.4 is 5.11 Å². The van der Waals surface area contributed by atoms with Gasteiger partial charge in [0.1, 0.15) is 5.69 Å². The van der Waals surface area contributed by atoms with E-state index in [-0.39, 0.29) is 11.3 Å². The lowest BCUT2D eigenvalue weighted by molar-refractivity contribution is -0.254. The van der Waals surface area contributed by atoms with Crippen molar-refractivity contribution in [3.05, 3.63) is 83.0 Å². The largest absolute Gasteiger partial charge is 0.545 e. The molecule has 120 valence electrons. The number of nitrogens with zero attached hydrogens (tertiary/aromatic N) is 1. The van der Waals surface area contributed by atoms with Gasteiger partial charge in [-0.15, -0.1) is 6.58 Å². The molecule has 3 rings (SSSR count). The molecule has 0 aliphatic carbocycles. The second kappa shape index (κ2) is 6.34. The third-order valence-corrected chi connectivity index (χ3v) is 4.06. The normalized spacial score (nSPS) is 10.7. The van der Waals surface area contributed by atoms with Gasteiger partial charge < -0.3 is 14.5 Å². The van der Waals surface area contributed by atoms with E-state index >= 15 is 0 Å². The van der Waals surface area contributed by atoms with E-state index < -0.39 is 11.8 Å². The monoisotopic (exact) mass is 338 g/mol. The molecule has 1 aromatic heterocycles. The molecule has 4 nitrogen and oxygen atoms in total. The van der Waals surface area contributed by atoms with E-state index in [1.807, 2.05) is 0 Å². The average molecular weight is 339 g/mol. The maximum atomic E-state index is 13.0. The van der Waals surface area contributed by atoms with Crippen LogP contribution in [0.4, 0.5) is 0 Å². The number of hydrogen-bond donors (Lipinski definition) is 0. The molecule has 0 amide bonds. The van der Waals surface area contributed by atoms with E-state index in [9.17, 15) is 14.7 Å². The van der Waals surface area contributed by atoms with Crippen molar-refractivity contribution in [2.45, 2.75) is 6.54 Å². The van der Waals surface area contributed by atoms with Gasteiger partial charge in [-0.3, -0.25) is 4.79 Å². The Labute approximate surface area is 143 Å². The van der Waals surface area contributed by atoms with E-state index in [1.54, 1.807) is 59.2 Å².